The standard InChI is InChI=1S/C71H118O16P2/c1-4-7-10-13-16-19-22-25-27-29-30-31-32-33-34-36-38-40-42-45-48-51-54-57-69(74)81-60-66(72)61-83-88(77,78)84-62-67(73)63-85-89(79,80)86-65-68(87-71(76)59-56-53-50-47-44-39-24-21-18-15-12-9-6-3)64-82-70(75)58-55-52-49-46-43-41-37-35-28-26-23-20-17-14-11-8-5-2/h8,11-12,15-17,19-21,24-28,30-31,33-34,37,41,46,49,66-68,72-73H,4-7,9-10,13-14,18,22-23,29,32,35-36,38-40,42-45,47-48,50-65H2,1-3H3,(H,77,78)(H,79,80)/b11-8-,15-12-,19-16-,20-17-,24-21-,27-25-,28-26-,31-30-,34-33-,41-37-,49-46-. The zero-order valence-electron chi connectivity index (χ0n) is 54.8. The maximum Gasteiger partial charge on any atom is 0.472 e. The van der Waals surface area contributed by atoms with Gasteiger partial charge in [-0.1, -0.05) is 225 Å². The molecule has 0 aliphatic carbocycles. The molecule has 0 spiro atoms. The molecule has 0 aromatic carbocycles. The number of carbonyl (C=O) groups is 3. The fourth-order valence-corrected chi connectivity index (χ4v) is 9.80. The van der Waals surface area contributed by atoms with E-state index in [1.807, 2.05) is 12.2 Å². The van der Waals surface area contributed by atoms with E-state index in [1.165, 1.54) is 25.7 Å². The van der Waals surface area contributed by atoms with Crippen molar-refractivity contribution in [1.82, 2.24) is 0 Å². The van der Waals surface area contributed by atoms with Gasteiger partial charge in [0, 0.05) is 19.3 Å². The second kappa shape index (κ2) is 63.8. The summed E-state index contributed by atoms with van der Waals surface area (Å²) in [4.78, 5) is 58.3. The van der Waals surface area contributed by atoms with Gasteiger partial charge in [0.05, 0.1) is 26.4 Å². The van der Waals surface area contributed by atoms with Crippen LogP contribution in [0, 0.1) is 0 Å². The lowest BCUT2D eigenvalue weighted by Gasteiger charge is -2.21. The van der Waals surface area contributed by atoms with Crippen molar-refractivity contribution >= 4 is 33.6 Å². The maximum atomic E-state index is 12.9. The van der Waals surface area contributed by atoms with Gasteiger partial charge in [-0.25, -0.2) is 9.13 Å². The van der Waals surface area contributed by atoms with Crippen LogP contribution in [0.2, 0.25) is 0 Å². The molecule has 5 atom stereocenters. The number of phosphoric ester groups is 2. The first kappa shape index (κ1) is 84.7. The van der Waals surface area contributed by atoms with Crippen molar-refractivity contribution in [3.8, 4) is 0 Å². The number of esters is 3. The van der Waals surface area contributed by atoms with Crippen molar-refractivity contribution in [3.05, 3.63) is 134 Å². The van der Waals surface area contributed by atoms with E-state index in [-0.39, 0.29) is 19.3 Å². The highest BCUT2D eigenvalue weighted by molar-refractivity contribution is 7.47. The molecule has 0 saturated heterocycles. The zero-order chi connectivity index (χ0) is 65.3. The van der Waals surface area contributed by atoms with Crippen molar-refractivity contribution in [2.24, 2.45) is 0 Å². The highest BCUT2D eigenvalue weighted by Gasteiger charge is 2.29. The number of carbonyl (C=O) groups excluding carboxylic acids is 3. The van der Waals surface area contributed by atoms with Crippen LogP contribution in [-0.2, 0) is 55.8 Å². The van der Waals surface area contributed by atoms with Crippen LogP contribution in [0.4, 0.5) is 0 Å². The van der Waals surface area contributed by atoms with Crippen LogP contribution in [0.3, 0.4) is 0 Å². The molecule has 0 aliphatic heterocycles. The smallest absolute Gasteiger partial charge is 0.463 e. The normalized spacial score (nSPS) is 15.1. The summed E-state index contributed by atoms with van der Waals surface area (Å²) in [5, 5.41) is 20.5. The predicted octanol–water partition coefficient (Wildman–Crippen LogP) is 18.4. The summed E-state index contributed by atoms with van der Waals surface area (Å²) in [6, 6.07) is 0. The Hall–Kier alpha value is -4.31. The Morgan fingerprint density at radius 3 is 1.03 bits per heavy atom. The van der Waals surface area contributed by atoms with Gasteiger partial charge in [0.1, 0.15) is 25.4 Å². The van der Waals surface area contributed by atoms with Crippen LogP contribution < -0.4 is 0 Å². The number of hydrogen-bond donors (Lipinski definition) is 4. The van der Waals surface area contributed by atoms with Gasteiger partial charge in [0.2, 0.25) is 0 Å². The Morgan fingerprint density at radius 1 is 0.326 bits per heavy atom. The highest BCUT2D eigenvalue weighted by Crippen LogP contribution is 2.45. The van der Waals surface area contributed by atoms with E-state index in [1.54, 1.807) is 0 Å². The molecule has 0 heterocycles. The number of aliphatic hydroxyl groups is 2. The monoisotopic (exact) mass is 1290 g/mol. The Kier molecular flexibility index (Phi) is 60.7. The Bertz CT molecular complexity index is 2160. The third kappa shape index (κ3) is 65.0. The molecule has 18 heteroatoms. The lowest BCUT2D eigenvalue weighted by Crippen LogP contribution is -2.30. The maximum absolute atomic E-state index is 12.9. The Morgan fingerprint density at radius 2 is 0.629 bits per heavy atom. The zero-order valence-corrected chi connectivity index (χ0v) is 56.6. The quantitative estimate of drug-likeness (QED) is 0.0146. The summed E-state index contributed by atoms with van der Waals surface area (Å²) in [5.74, 6) is -1.68. The molecule has 0 amide bonds. The molecule has 0 saturated carbocycles. The van der Waals surface area contributed by atoms with Gasteiger partial charge < -0.3 is 34.2 Å². The number of phosphoric acid groups is 2. The summed E-state index contributed by atoms with van der Waals surface area (Å²) in [5.41, 5.74) is 0. The van der Waals surface area contributed by atoms with Crippen LogP contribution in [0.5, 0.6) is 0 Å². The van der Waals surface area contributed by atoms with E-state index in [4.69, 9.17) is 32.3 Å². The van der Waals surface area contributed by atoms with Crippen LogP contribution >= 0.6 is 15.6 Å². The van der Waals surface area contributed by atoms with Gasteiger partial charge in [-0.2, -0.15) is 0 Å². The highest BCUT2D eigenvalue weighted by atomic mass is 31.2. The minimum absolute atomic E-state index is 0.0716. The number of aliphatic hydroxyl groups excluding tert-OH is 2. The fourth-order valence-electron chi connectivity index (χ4n) is 8.21. The van der Waals surface area contributed by atoms with E-state index in [0.29, 0.717) is 25.7 Å². The van der Waals surface area contributed by atoms with Gasteiger partial charge in [-0.05, 0) is 128 Å². The molecule has 508 valence electrons. The van der Waals surface area contributed by atoms with Gasteiger partial charge in [0.15, 0.2) is 6.10 Å². The molecule has 0 rings (SSSR count). The average Bonchev–Trinajstić information content (AvgIpc) is 3.66. The lowest BCUT2D eigenvalue weighted by molar-refractivity contribution is -0.161. The summed E-state index contributed by atoms with van der Waals surface area (Å²) in [7, 11) is -9.80. The van der Waals surface area contributed by atoms with Gasteiger partial charge in [0.25, 0.3) is 0 Å². The molecule has 0 fully saturated rings. The molecule has 0 aliphatic rings. The predicted molar refractivity (Wildman–Crippen MR) is 362 cm³/mol. The number of rotatable bonds is 62. The molecular weight excluding hydrogens is 1170 g/mol. The fraction of sp³-hybridized carbons (Fsp3) is 0.648. The first-order valence-corrected chi connectivity index (χ1v) is 36.5. The minimum Gasteiger partial charge on any atom is -0.463 e. The summed E-state index contributed by atoms with van der Waals surface area (Å²) < 4.78 is 60.7. The average molecular weight is 1290 g/mol. The molecule has 16 nitrogen and oxygen atoms in total. The van der Waals surface area contributed by atoms with Crippen LogP contribution in [-0.4, -0.2) is 95.9 Å². The number of ether oxygens (including phenoxy) is 3. The number of hydrogen-bond acceptors (Lipinski definition) is 14. The van der Waals surface area contributed by atoms with Crippen molar-refractivity contribution < 1.29 is 75.8 Å². The Balaban J connectivity index is 4.66. The van der Waals surface area contributed by atoms with E-state index in [0.717, 1.165) is 148 Å². The first-order chi connectivity index (χ1) is 43.2. The van der Waals surface area contributed by atoms with Crippen LogP contribution in [0.15, 0.2) is 134 Å². The number of unbranched alkanes of at least 4 members (excludes halogenated alkanes) is 17. The third-order valence-electron chi connectivity index (χ3n) is 13.3. The molecular formula is C71H118O16P2. The van der Waals surface area contributed by atoms with E-state index in [9.17, 15) is 43.5 Å². The second-order valence-corrected chi connectivity index (χ2v) is 24.8. The number of allylic oxidation sites excluding steroid dienone is 22. The first-order valence-electron chi connectivity index (χ1n) is 33.5. The molecule has 4 N–H and O–H groups in total. The Labute approximate surface area is 537 Å². The molecule has 5 unspecified atom stereocenters. The SMILES string of the molecule is CC/C=C\C/C=C\C/C=C\C/C=C\C/C=C\CCCC(=O)OCC(COP(=O)(O)OCC(O)COP(=O)(O)OCC(O)COC(=O)CCCCCCCCC/C=C\C/C=C\C/C=C\C/C=C\CCCCC)OC(=O)CCCCCCC/C=C\C/C=C\CCC. The molecule has 0 bridgehead atoms. The summed E-state index contributed by atoms with van der Waals surface area (Å²) >= 11 is 0. The van der Waals surface area contributed by atoms with Gasteiger partial charge in [-0.3, -0.25) is 32.5 Å². The summed E-state index contributed by atoms with van der Waals surface area (Å²) in [6.45, 7) is 2.33. The van der Waals surface area contributed by atoms with Crippen molar-refractivity contribution in [1.29, 1.82) is 0 Å². The van der Waals surface area contributed by atoms with Crippen LogP contribution in [0.1, 0.15) is 239 Å². The van der Waals surface area contributed by atoms with Gasteiger partial charge >= 0.3 is 33.6 Å². The topological polar surface area (TPSA) is 231 Å². The van der Waals surface area contributed by atoms with E-state index < -0.39 is 91.5 Å². The van der Waals surface area contributed by atoms with E-state index >= 15 is 0 Å². The second-order valence-electron chi connectivity index (χ2n) is 21.9. The van der Waals surface area contributed by atoms with Crippen molar-refractivity contribution in [2.45, 2.75) is 257 Å². The van der Waals surface area contributed by atoms with Gasteiger partial charge in [-0.15, -0.1) is 0 Å². The van der Waals surface area contributed by atoms with Crippen molar-refractivity contribution in [3.63, 3.8) is 0 Å². The molecule has 89 heavy (non-hydrogen) atoms. The van der Waals surface area contributed by atoms with Crippen LogP contribution in [0.25, 0.3) is 0 Å². The lowest BCUT2D eigenvalue weighted by atomic mass is 10.1. The van der Waals surface area contributed by atoms with Crippen molar-refractivity contribution in [2.75, 3.05) is 39.6 Å². The van der Waals surface area contributed by atoms with E-state index in [2.05, 4.69) is 142 Å². The largest absolute Gasteiger partial charge is 0.472 e. The summed E-state index contributed by atoms with van der Waals surface area (Å²) in [6.07, 6.45) is 73.8. The molecule has 0 aromatic rings. The molecule has 0 aromatic heterocycles. The molecule has 0 radical (unpaired) electrons. The minimum atomic E-state index is -4.94. The third-order valence-corrected chi connectivity index (χ3v) is 15.2.